The monoisotopic (exact) mass is 456 g/mol. The maximum absolute atomic E-state index is 14.5. The number of halogens is 4. The Bertz CT molecular complexity index is 1490. The van der Waals surface area contributed by atoms with Crippen molar-refractivity contribution in [2.45, 2.75) is 26.2 Å². The van der Waals surface area contributed by atoms with Crippen molar-refractivity contribution in [3.05, 3.63) is 118 Å². The molecule has 4 rings (SSSR count). The van der Waals surface area contributed by atoms with Crippen LogP contribution in [-0.4, -0.2) is 0 Å². The van der Waals surface area contributed by atoms with Gasteiger partial charge in [0.25, 0.3) is 0 Å². The van der Waals surface area contributed by atoms with Crippen LogP contribution in [-0.2, 0) is 6.42 Å². The van der Waals surface area contributed by atoms with Crippen molar-refractivity contribution in [2.75, 3.05) is 0 Å². The van der Waals surface area contributed by atoms with E-state index in [2.05, 4.69) is 30.6 Å². The van der Waals surface area contributed by atoms with Crippen LogP contribution >= 0.6 is 0 Å². The quantitative estimate of drug-likeness (QED) is 0.221. The summed E-state index contributed by atoms with van der Waals surface area (Å²) in [7, 11) is 0. The standard InChI is InChI=1S/C30H20F4/c1-2-3-4-20-5-10-23(27(31)16-20)12-7-22-8-13-24(28(32)17-22)11-6-21-9-14-25-18-29(33)30(34)19-26(25)15-21/h5,8-10,13-19H,2-4H2,1H3. The van der Waals surface area contributed by atoms with E-state index >= 15 is 0 Å². The first-order chi connectivity index (χ1) is 16.4. The van der Waals surface area contributed by atoms with Gasteiger partial charge < -0.3 is 0 Å². The fourth-order valence-corrected chi connectivity index (χ4v) is 3.49. The predicted octanol–water partition coefficient (Wildman–Crippen LogP) is 7.54. The highest BCUT2D eigenvalue weighted by atomic mass is 19.2. The molecular weight excluding hydrogens is 436 g/mol. The van der Waals surface area contributed by atoms with E-state index in [1.165, 1.54) is 18.2 Å². The summed E-state index contributed by atoms with van der Waals surface area (Å²) in [5.41, 5.74) is 2.31. The molecule has 0 aromatic heterocycles. The van der Waals surface area contributed by atoms with Crippen molar-refractivity contribution in [3.8, 4) is 23.7 Å². The lowest BCUT2D eigenvalue weighted by molar-refractivity contribution is 0.511. The molecule has 0 amide bonds. The molecule has 0 heterocycles. The maximum Gasteiger partial charge on any atom is 0.159 e. The molecule has 0 radical (unpaired) electrons. The molecule has 0 aliphatic carbocycles. The highest BCUT2D eigenvalue weighted by Gasteiger charge is 2.05. The van der Waals surface area contributed by atoms with Gasteiger partial charge in [-0.05, 0) is 83.8 Å². The van der Waals surface area contributed by atoms with Crippen LogP contribution in [0.25, 0.3) is 10.8 Å². The molecule has 0 saturated heterocycles. The smallest absolute Gasteiger partial charge is 0.159 e. The van der Waals surface area contributed by atoms with Gasteiger partial charge in [-0.2, -0.15) is 0 Å². The van der Waals surface area contributed by atoms with Crippen LogP contribution < -0.4 is 0 Å². The molecule has 0 aliphatic heterocycles. The predicted molar refractivity (Wildman–Crippen MR) is 127 cm³/mol. The molecule has 0 aliphatic rings. The first-order valence-electron chi connectivity index (χ1n) is 10.9. The molecule has 0 unspecified atom stereocenters. The second kappa shape index (κ2) is 10.3. The first-order valence-corrected chi connectivity index (χ1v) is 10.9. The normalized spacial score (nSPS) is 10.4. The van der Waals surface area contributed by atoms with E-state index < -0.39 is 17.5 Å². The van der Waals surface area contributed by atoms with Gasteiger partial charge >= 0.3 is 0 Å². The van der Waals surface area contributed by atoms with Gasteiger partial charge in [-0.1, -0.05) is 49.2 Å². The van der Waals surface area contributed by atoms with Crippen LogP contribution in [0.4, 0.5) is 17.6 Å². The second-order valence-corrected chi connectivity index (χ2v) is 7.94. The summed E-state index contributed by atoms with van der Waals surface area (Å²) < 4.78 is 55.7. The lowest BCUT2D eigenvalue weighted by atomic mass is 10.1. The van der Waals surface area contributed by atoms with Crippen LogP contribution in [0.1, 0.15) is 47.6 Å². The van der Waals surface area contributed by atoms with Crippen molar-refractivity contribution in [3.63, 3.8) is 0 Å². The molecule has 4 aromatic carbocycles. The Hall–Kier alpha value is -4.02. The van der Waals surface area contributed by atoms with E-state index in [0.29, 0.717) is 21.9 Å². The zero-order valence-electron chi connectivity index (χ0n) is 18.5. The molecule has 0 spiro atoms. The zero-order valence-corrected chi connectivity index (χ0v) is 18.5. The molecule has 4 heteroatoms. The first kappa shape index (κ1) is 23.1. The molecule has 168 valence electrons. The molecule has 0 saturated carbocycles. The minimum Gasteiger partial charge on any atom is -0.206 e. The summed E-state index contributed by atoms with van der Waals surface area (Å²) in [5, 5.41) is 1.05. The molecule has 0 fully saturated rings. The Morgan fingerprint density at radius 1 is 0.559 bits per heavy atom. The third kappa shape index (κ3) is 5.48. The Labute approximate surface area is 196 Å². The number of benzene rings is 4. The second-order valence-electron chi connectivity index (χ2n) is 7.94. The molecular formula is C30H20F4. The minimum atomic E-state index is -0.937. The summed E-state index contributed by atoms with van der Waals surface area (Å²) >= 11 is 0. The number of unbranched alkanes of at least 4 members (excludes halogenated alkanes) is 1. The molecule has 0 N–H and O–H groups in total. The van der Waals surface area contributed by atoms with Crippen molar-refractivity contribution < 1.29 is 17.6 Å². The van der Waals surface area contributed by atoms with Gasteiger partial charge in [0.2, 0.25) is 0 Å². The molecule has 0 nitrogen and oxygen atoms in total. The van der Waals surface area contributed by atoms with Gasteiger partial charge in [0, 0.05) is 11.1 Å². The number of hydrogen-bond donors (Lipinski definition) is 0. The average Bonchev–Trinajstić information content (AvgIpc) is 2.82. The van der Waals surface area contributed by atoms with E-state index in [4.69, 9.17) is 0 Å². The summed E-state index contributed by atoms with van der Waals surface area (Å²) in [6.45, 7) is 2.08. The third-order valence-electron chi connectivity index (χ3n) is 5.38. The highest BCUT2D eigenvalue weighted by molar-refractivity contribution is 5.84. The Balaban J connectivity index is 1.53. The number of aryl methyl sites for hydroxylation is 1. The molecule has 4 aromatic rings. The Morgan fingerprint density at radius 2 is 1.15 bits per heavy atom. The van der Waals surface area contributed by atoms with Gasteiger partial charge in [0.15, 0.2) is 11.6 Å². The molecule has 0 atom stereocenters. The average molecular weight is 456 g/mol. The van der Waals surface area contributed by atoms with E-state index in [1.807, 2.05) is 6.07 Å². The summed E-state index contributed by atoms with van der Waals surface area (Å²) in [6, 6.07) is 16.5. The largest absolute Gasteiger partial charge is 0.206 e. The maximum atomic E-state index is 14.5. The topological polar surface area (TPSA) is 0 Å². The fraction of sp³-hybridized carbons (Fsp3) is 0.133. The van der Waals surface area contributed by atoms with Crippen molar-refractivity contribution in [1.29, 1.82) is 0 Å². The number of rotatable bonds is 3. The van der Waals surface area contributed by atoms with Crippen LogP contribution in [0.15, 0.2) is 66.7 Å². The van der Waals surface area contributed by atoms with E-state index in [0.717, 1.165) is 37.0 Å². The lowest BCUT2D eigenvalue weighted by Crippen LogP contribution is -1.90. The minimum absolute atomic E-state index is 0.169. The summed E-state index contributed by atoms with van der Waals surface area (Å²) in [5.74, 6) is 8.35. The lowest BCUT2D eigenvalue weighted by Gasteiger charge is -2.01. The van der Waals surface area contributed by atoms with Crippen molar-refractivity contribution in [1.82, 2.24) is 0 Å². The summed E-state index contributed by atoms with van der Waals surface area (Å²) in [6.07, 6.45) is 2.86. The summed E-state index contributed by atoms with van der Waals surface area (Å²) in [4.78, 5) is 0. The van der Waals surface area contributed by atoms with Gasteiger partial charge in [-0.15, -0.1) is 0 Å². The number of fused-ring (bicyclic) bond motifs is 1. The van der Waals surface area contributed by atoms with Crippen LogP contribution in [0.3, 0.4) is 0 Å². The van der Waals surface area contributed by atoms with Crippen LogP contribution in [0.5, 0.6) is 0 Å². The van der Waals surface area contributed by atoms with Crippen LogP contribution in [0.2, 0.25) is 0 Å². The van der Waals surface area contributed by atoms with E-state index in [-0.39, 0.29) is 16.9 Å². The van der Waals surface area contributed by atoms with Crippen molar-refractivity contribution in [2.24, 2.45) is 0 Å². The third-order valence-corrected chi connectivity index (χ3v) is 5.38. The van der Waals surface area contributed by atoms with Gasteiger partial charge in [-0.3, -0.25) is 0 Å². The Kier molecular flexibility index (Phi) is 7.00. The Morgan fingerprint density at radius 3 is 1.79 bits per heavy atom. The zero-order chi connectivity index (χ0) is 24.1. The van der Waals surface area contributed by atoms with Gasteiger partial charge in [0.05, 0.1) is 11.1 Å². The van der Waals surface area contributed by atoms with Gasteiger partial charge in [0.1, 0.15) is 11.6 Å². The highest BCUT2D eigenvalue weighted by Crippen LogP contribution is 2.20. The molecule has 34 heavy (non-hydrogen) atoms. The molecule has 0 bridgehead atoms. The van der Waals surface area contributed by atoms with Crippen LogP contribution in [0, 0.1) is 47.0 Å². The van der Waals surface area contributed by atoms with E-state index in [9.17, 15) is 17.6 Å². The van der Waals surface area contributed by atoms with Gasteiger partial charge in [-0.25, -0.2) is 17.6 Å². The van der Waals surface area contributed by atoms with E-state index in [1.54, 1.807) is 30.3 Å². The van der Waals surface area contributed by atoms with Crippen molar-refractivity contribution >= 4 is 10.8 Å². The SMILES string of the molecule is CCCCc1ccc(C#Cc2ccc(C#Cc3ccc4cc(F)c(F)cc4c3)c(F)c2)c(F)c1. The number of hydrogen-bond acceptors (Lipinski definition) is 0. The fourth-order valence-electron chi connectivity index (χ4n) is 3.49.